The van der Waals surface area contributed by atoms with E-state index in [9.17, 15) is 5.11 Å². The first kappa shape index (κ1) is 8.04. The van der Waals surface area contributed by atoms with Crippen molar-refractivity contribution in [2.24, 2.45) is 0 Å². The van der Waals surface area contributed by atoms with Gasteiger partial charge >= 0.3 is 0 Å². The van der Waals surface area contributed by atoms with Crippen LogP contribution in [0.5, 0.6) is 0 Å². The Morgan fingerprint density at radius 1 is 1.80 bits per heavy atom. The zero-order valence-electron chi connectivity index (χ0n) is 5.84. The van der Waals surface area contributed by atoms with Crippen LogP contribution in [-0.4, -0.2) is 14.4 Å². The van der Waals surface area contributed by atoms with E-state index in [1.807, 2.05) is 6.92 Å². The maximum Gasteiger partial charge on any atom is 0.140 e. The Kier molecular flexibility index (Phi) is 2.03. The van der Waals surface area contributed by atoms with Gasteiger partial charge in [0, 0.05) is 6.20 Å². The largest absolute Gasteiger partial charge is 0.375 e. The fourth-order valence-electron chi connectivity index (χ4n) is 0.592. The van der Waals surface area contributed by atoms with E-state index in [2.05, 4.69) is 5.32 Å². The minimum Gasteiger partial charge on any atom is -0.375 e. The zero-order chi connectivity index (χ0) is 7.78. The van der Waals surface area contributed by atoms with Crippen molar-refractivity contribution < 1.29 is 5.11 Å². The molecule has 0 fully saturated rings. The van der Waals surface area contributed by atoms with E-state index < -0.39 is 4.93 Å². The van der Waals surface area contributed by atoms with Crippen LogP contribution in [0, 0.1) is 0 Å². The van der Waals surface area contributed by atoms with Crippen LogP contribution in [0.3, 0.4) is 0 Å². The van der Waals surface area contributed by atoms with Crippen LogP contribution >= 0.6 is 24.0 Å². The van der Waals surface area contributed by atoms with E-state index in [4.69, 9.17) is 12.2 Å². The van der Waals surface area contributed by atoms with Crippen molar-refractivity contribution in [1.82, 2.24) is 5.32 Å². The molecule has 0 aromatic rings. The van der Waals surface area contributed by atoms with Crippen molar-refractivity contribution in [1.29, 1.82) is 0 Å². The molecule has 0 radical (unpaired) electrons. The maximum atomic E-state index is 9.58. The summed E-state index contributed by atoms with van der Waals surface area (Å²) in [4.78, 5) is -0.817. The maximum absolute atomic E-state index is 9.58. The third kappa shape index (κ3) is 1.51. The van der Waals surface area contributed by atoms with Gasteiger partial charge in [0.15, 0.2) is 0 Å². The lowest BCUT2D eigenvalue weighted by atomic mass is 10.2. The van der Waals surface area contributed by atoms with Crippen molar-refractivity contribution in [3.8, 4) is 0 Å². The van der Waals surface area contributed by atoms with Crippen LogP contribution in [0.2, 0.25) is 0 Å². The minimum absolute atomic E-state index is 0.621. The highest BCUT2D eigenvalue weighted by atomic mass is 32.2. The molecule has 1 aliphatic heterocycles. The van der Waals surface area contributed by atoms with Gasteiger partial charge < -0.3 is 10.4 Å². The molecule has 56 valence electrons. The molecule has 0 aromatic heterocycles. The Bertz CT molecular complexity index is 198. The number of hydrogen-bond donors (Lipinski definition) is 2. The number of hydrogen-bond acceptors (Lipinski definition) is 3. The van der Waals surface area contributed by atoms with Crippen molar-refractivity contribution in [2.45, 2.75) is 18.8 Å². The average Bonchev–Trinajstić information content (AvgIpc) is 1.78. The van der Waals surface area contributed by atoms with E-state index in [1.165, 1.54) is 11.8 Å². The molecule has 2 N–H and O–H groups in total. The lowest BCUT2D eigenvalue weighted by Crippen LogP contribution is -2.32. The topological polar surface area (TPSA) is 32.3 Å². The molecule has 1 unspecified atom stereocenters. The first-order chi connectivity index (χ1) is 4.52. The highest BCUT2D eigenvalue weighted by molar-refractivity contribution is 8.23. The zero-order valence-corrected chi connectivity index (χ0v) is 7.47. The summed E-state index contributed by atoms with van der Waals surface area (Å²) < 4.78 is 0.621. The molecule has 1 rings (SSSR count). The molecular weight excluding hydrogens is 166 g/mol. The fourth-order valence-corrected chi connectivity index (χ4v) is 1.84. The second-order valence-corrected chi connectivity index (χ2v) is 4.42. The van der Waals surface area contributed by atoms with Gasteiger partial charge in [-0.1, -0.05) is 24.0 Å². The number of thiocarbonyl (C=S) groups is 1. The standard InChI is InChI=1S/C6H9NOS2/c1-4-3-7-5(9)10-6(4,2)8/h3,8H,1-2H3,(H,7,9). The molecule has 0 saturated heterocycles. The Labute approximate surface area is 69.7 Å². The monoisotopic (exact) mass is 175 g/mol. The summed E-state index contributed by atoms with van der Waals surface area (Å²) in [6, 6.07) is 0. The fraction of sp³-hybridized carbons (Fsp3) is 0.500. The Morgan fingerprint density at radius 3 is 2.80 bits per heavy atom. The van der Waals surface area contributed by atoms with Crippen LogP contribution in [0.25, 0.3) is 0 Å². The van der Waals surface area contributed by atoms with Gasteiger partial charge in [-0.2, -0.15) is 0 Å². The molecule has 0 spiro atoms. The number of aliphatic hydroxyl groups is 1. The summed E-state index contributed by atoms with van der Waals surface area (Å²) in [7, 11) is 0. The van der Waals surface area contributed by atoms with E-state index in [0.29, 0.717) is 4.32 Å². The van der Waals surface area contributed by atoms with Gasteiger partial charge in [0.2, 0.25) is 0 Å². The lowest BCUT2D eigenvalue weighted by molar-refractivity contribution is 0.196. The molecule has 2 nitrogen and oxygen atoms in total. The summed E-state index contributed by atoms with van der Waals surface area (Å²) in [5.41, 5.74) is 0.895. The molecule has 1 aliphatic rings. The van der Waals surface area contributed by atoms with Crippen LogP contribution < -0.4 is 5.32 Å². The van der Waals surface area contributed by atoms with Gasteiger partial charge in [-0.05, 0) is 19.4 Å². The number of rotatable bonds is 0. The van der Waals surface area contributed by atoms with Crippen molar-refractivity contribution in [2.75, 3.05) is 0 Å². The second kappa shape index (κ2) is 2.53. The van der Waals surface area contributed by atoms with Gasteiger partial charge in [0.1, 0.15) is 9.25 Å². The predicted octanol–water partition coefficient (Wildman–Crippen LogP) is 1.22. The summed E-state index contributed by atoms with van der Waals surface area (Å²) >= 11 is 6.11. The first-order valence-electron chi connectivity index (χ1n) is 2.91. The Balaban J connectivity index is 2.86. The molecular formula is C6H9NOS2. The van der Waals surface area contributed by atoms with Crippen LogP contribution in [0.4, 0.5) is 0 Å². The normalized spacial score (nSPS) is 33.1. The third-order valence-corrected chi connectivity index (χ3v) is 2.82. The van der Waals surface area contributed by atoms with Crippen molar-refractivity contribution >= 4 is 28.3 Å². The first-order valence-corrected chi connectivity index (χ1v) is 4.14. The summed E-state index contributed by atoms with van der Waals surface area (Å²) in [6.45, 7) is 3.60. The molecule has 0 saturated carbocycles. The molecule has 0 amide bonds. The van der Waals surface area contributed by atoms with Crippen LogP contribution in [0.15, 0.2) is 11.8 Å². The lowest BCUT2D eigenvalue weighted by Gasteiger charge is -2.27. The Morgan fingerprint density at radius 2 is 2.40 bits per heavy atom. The summed E-state index contributed by atoms with van der Waals surface area (Å²) in [6.07, 6.45) is 1.73. The summed E-state index contributed by atoms with van der Waals surface area (Å²) in [5.74, 6) is 0. The van der Waals surface area contributed by atoms with E-state index in [0.717, 1.165) is 5.57 Å². The van der Waals surface area contributed by atoms with Crippen LogP contribution in [0.1, 0.15) is 13.8 Å². The molecule has 0 aromatic carbocycles. The second-order valence-electron chi connectivity index (χ2n) is 2.34. The molecule has 10 heavy (non-hydrogen) atoms. The average molecular weight is 175 g/mol. The summed E-state index contributed by atoms with van der Waals surface area (Å²) in [5, 5.41) is 12.4. The van der Waals surface area contributed by atoms with Gasteiger partial charge in [0.05, 0.1) is 0 Å². The minimum atomic E-state index is -0.817. The SMILES string of the molecule is CC1=CNC(=S)SC1(C)O. The van der Waals surface area contributed by atoms with Gasteiger partial charge in [-0.3, -0.25) is 0 Å². The predicted molar refractivity (Wildman–Crippen MR) is 47.7 cm³/mol. The Hall–Kier alpha value is -0.0600. The third-order valence-electron chi connectivity index (χ3n) is 1.43. The van der Waals surface area contributed by atoms with E-state index >= 15 is 0 Å². The number of nitrogens with one attached hydrogen (secondary N) is 1. The van der Waals surface area contributed by atoms with Crippen molar-refractivity contribution in [3.63, 3.8) is 0 Å². The molecule has 0 bridgehead atoms. The van der Waals surface area contributed by atoms with E-state index in [1.54, 1.807) is 13.1 Å². The van der Waals surface area contributed by atoms with Gasteiger partial charge in [0.25, 0.3) is 0 Å². The molecule has 1 atom stereocenters. The molecule has 1 heterocycles. The smallest absolute Gasteiger partial charge is 0.140 e. The van der Waals surface area contributed by atoms with Gasteiger partial charge in [-0.15, -0.1) is 0 Å². The quantitative estimate of drug-likeness (QED) is 0.542. The highest BCUT2D eigenvalue weighted by Gasteiger charge is 2.28. The highest BCUT2D eigenvalue weighted by Crippen LogP contribution is 2.32. The van der Waals surface area contributed by atoms with Crippen molar-refractivity contribution in [3.05, 3.63) is 11.8 Å². The van der Waals surface area contributed by atoms with Crippen LogP contribution in [-0.2, 0) is 0 Å². The molecule has 4 heteroatoms. The molecule has 0 aliphatic carbocycles. The number of thioether (sulfide) groups is 1. The van der Waals surface area contributed by atoms with Gasteiger partial charge in [-0.25, -0.2) is 0 Å². The van der Waals surface area contributed by atoms with E-state index in [-0.39, 0.29) is 0 Å².